The molecule has 1 aliphatic rings. The van der Waals surface area contributed by atoms with Crippen molar-refractivity contribution in [3.05, 3.63) is 35.0 Å². The highest BCUT2D eigenvalue weighted by molar-refractivity contribution is 5.86. The van der Waals surface area contributed by atoms with E-state index in [2.05, 4.69) is 35.4 Å². The van der Waals surface area contributed by atoms with Crippen LogP contribution in [0, 0.1) is 6.92 Å². The second-order valence-electron chi connectivity index (χ2n) is 5.55. The molecule has 1 heterocycles. The second-order valence-corrected chi connectivity index (χ2v) is 5.55. The van der Waals surface area contributed by atoms with Crippen molar-refractivity contribution in [2.75, 3.05) is 13.7 Å². The fraction of sp³-hybridized carbons (Fsp3) is 0.438. The first-order chi connectivity index (χ1) is 9.67. The van der Waals surface area contributed by atoms with Crippen LogP contribution in [0.3, 0.4) is 0 Å². The van der Waals surface area contributed by atoms with Gasteiger partial charge in [0.2, 0.25) is 5.91 Å². The summed E-state index contributed by atoms with van der Waals surface area (Å²) in [6.45, 7) is 2.59. The Bertz CT molecular complexity index is 645. The lowest BCUT2D eigenvalue weighted by molar-refractivity contribution is -0.122. The van der Waals surface area contributed by atoms with Gasteiger partial charge in [0.15, 0.2) is 0 Å². The largest absolute Gasteiger partial charge is 0.384 e. The van der Waals surface area contributed by atoms with Crippen LogP contribution in [0.1, 0.15) is 23.2 Å². The Morgan fingerprint density at radius 2 is 2.30 bits per heavy atom. The number of nitrogens with one attached hydrogen (secondary N) is 2. The van der Waals surface area contributed by atoms with Crippen LogP contribution in [-0.4, -0.2) is 30.6 Å². The summed E-state index contributed by atoms with van der Waals surface area (Å²) in [6.07, 6.45) is 2.24. The smallest absolute Gasteiger partial charge is 0.222 e. The fourth-order valence-corrected chi connectivity index (χ4v) is 2.99. The molecule has 20 heavy (non-hydrogen) atoms. The lowest BCUT2D eigenvalue weighted by Crippen LogP contribution is -2.35. The third-order valence-corrected chi connectivity index (χ3v) is 3.95. The van der Waals surface area contributed by atoms with Crippen LogP contribution in [0.5, 0.6) is 0 Å². The van der Waals surface area contributed by atoms with Crippen LogP contribution >= 0.6 is 0 Å². The molecular formula is C16H20N2O2. The number of ether oxygens (including phenoxy) is 1. The molecule has 0 radical (unpaired) electrons. The van der Waals surface area contributed by atoms with Gasteiger partial charge in [0.05, 0.1) is 6.61 Å². The minimum atomic E-state index is 0.0717. The predicted molar refractivity (Wildman–Crippen MR) is 78.9 cm³/mol. The number of aryl methyl sites for hydroxylation is 1. The molecule has 1 unspecified atom stereocenters. The van der Waals surface area contributed by atoms with Gasteiger partial charge >= 0.3 is 0 Å². The predicted octanol–water partition coefficient (Wildman–Crippen LogP) is 2.10. The number of carbonyl (C=O) groups excluding carboxylic acids is 1. The van der Waals surface area contributed by atoms with Gasteiger partial charge in [-0.2, -0.15) is 0 Å². The summed E-state index contributed by atoms with van der Waals surface area (Å²) in [5, 5.41) is 4.39. The lowest BCUT2D eigenvalue weighted by Gasteiger charge is -2.12. The summed E-state index contributed by atoms with van der Waals surface area (Å²) < 4.78 is 4.93. The molecule has 1 aromatic carbocycles. The molecule has 0 spiro atoms. The molecule has 1 atom stereocenters. The maximum atomic E-state index is 11.7. The van der Waals surface area contributed by atoms with Crippen molar-refractivity contribution in [3.63, 3.8) is 0 Å². The maximum Gasteiger partial charge on any atom is 0.222 e. The lowest BCUT2D eigenvalue weighted by atomic mass is 10.1. The molecule has 106 valence electrons. The van der Waals surface area contributed by atoms with Crippen molar-refractivity contribution in [1.29, 1.82) is 0 Å². The Morgan fingerprint density at radius 1 is 1.45 bits per heavy atom. The summed E-state index contributed by atoms with van der Waals surface area (Å²) in [4.78, 5) is 15.2. The van der Waals surface area contributed by atoms with Crippen molar-refractivity contribution < 1.29 is 9.53 Å². The summed E-state index contributed by atoms with van der Waals surface area (Å²) in [6, 6.07) is 6.69. The van der Waals surface area contributed by atoms with Gasteiger partial charge in [0.1, 0.15) is 0 Å². The number of methoxy groups -OCH3 is 1. The van der Waals surface area contributed by atoms with Gasteiger partial charge < -0.3 is 15.0 Å². The number of carbonyl (C=O) groups is 1. The van der Waals surface area contributed by atoms with Gasteiger partial charge in [-0.15, -0.1) is 0 Å². The molecule has 0 saturated heterocycles. The van der Waals surface area contributed by atoms with Gasteiger partial charge in [-0.25, -0.2) is 0 Å². The number of H-pyrrole nitrogens is 1. The Hall–Kier alpha value is -1.81. The molecule has 2 aromatic rings. The van der Waals surface area contributed by atoms with Crippen LogP contribution in [0.25, 0.3) is 10.9 Å². The first kappa shape index (κ1) is 13.2. The standard InChI is InChI=1S/C16H20N2O2/c1-10-3-4-14-12(7-10)13-8-11(9-15(13)18-14)17-16(19)5-6-20-2/h3-4,7,11,18H,5-6,8-9H2,1-2H3,(H,17,19). The Kier molecular flexibility index (Phi) is 3.49. The van der Waals surface area contributed by atoms with Crippen LogP contribution < -0.4 is 5.32 Å². The van der Waals surface area contributed by atoms with E-state index in [9.17, 15) is 4.79 Å². The summed E-state index contributed by atoms with van der Waals surface area (Å²) >= 11 is 0. The number of fused-ring (bicyclic) bond motifs is 3. The number of aromatic amines is 1. The molecule has 4 heteroatoms. The second kappa shape index (κ2) is 5.29. The van der Waals surface area contributed by atoms with Gasteiger partial charge in [-0.1, -0.05) is 11.6 Å². The molecule has 0 bridgehead atoms. The molecule has 3 rings (SSSR count). The highest BCUT2D eigenvalue weighted by Gasteiger charge is 2.26. The Balaban J connectivity index is 1.73. The van der Waals surface area contributed by atoms with Crippen molar-refractivity contribution in [2.45, 2.75) is 32.2 Å². The summed E-state index contributed by atoms with van der Waals surface area (Å²) in [7, 11) is 1.61. The van der Waals surface area contributed by atoms with Crippen molar-refractivity contribution in [2.24, 2.45) is 0 Å². The zero-order valence-corrected chi connectivity index (χ0v) is 12.0. The first-order valence-corrected chi connectivity index (χ1v) is 7.05. The summed E-state index contributed by atoms with van der Waals surface area (Å²) in [5.41, 5.74) is 5.10. The molecule has 0 saturated carbocycles. The number of aromatic nitrogens is 1. The molecule has 1 amide bonds. The maximum absolute atomic E-state index is 11.7. The van der Waals surface area contributed by atoms with Crippen molar-refractivity contribution in [3.8, 4) is 0 Å². The summed E-state index contributed by atoms with van der Waals surface area (Å²) in [5.74, 6) is 0.0717. The average Bonchev–Trinajstić information content (AvgIpc) is 2.94. The van der Waals surface area contributed by atoms with E-state index in [0.717, 1.165) is 12.8 Å². The Labute approximate surface area is 118 Å². The van der Waals surface area contributed by atoms with E-state index >= 15 is 0 Å². The highest BCUT2D eigenvalue weighted by Crippen LogP contribution is 2.30. The van der Waals surface area contributed by atoms with E-state index in [1.807, 2.05) is 0 Å². The monoisotopic (exact) mass is 272 g/mol. The van der Waals surface area contributed by atoms with E-state index in [0.29, 0.717) is 13.0 Å². The number of amides is 1. The van der Waals surface area contributed by atoms with E-state index < -0.39 is 0 Å². The molecule has 4 nitrogen and oxygen atoms in total. The zero-order chi connectivity index (χ0) is 14.1. The molecule has 0 aliphatic heterocycles. The highest BCUT2D eigenvalue weighted by atomic mass is 16.5. The third kappa shape index (κ3) is 2.43. The van der Waals surface area contributed by atoms with E-state index in [1.165, 1.54) is 27.7 Å². The number of hydrogen-bond acceptors (Lipinski definition) is 2. The van der Waals surface area contributed by atoms with Gasteiger partial charge in [-0.05, 0) is 31.0 Å². The number of hydrogen-bond donors (Lipinski definition) is 2. The molecule has 0 fully saturated rings. The normalized spacial score (nSPS) is 17.4. The SMILES string of the molecule is COCCC(=O)NC1Cc2[nH]c3ccc(C)cc3c2C1. The number of rotatable bonds is 4. The number of benzene rings is 1. The van der Waals surface area contributed by atoms with Crippen molar-refractivity contribution >= 4 is 16.8 Å². The molecule has 2 N–H and O–H groups in total. The Morgan fingerprint density at radius 3 is 3.10 bits per heavy atom. The van der Waals surface area contributed by atoms with Crippen molar-refractivity contribution in [1.82, 2.24) is 10.3 Å². The topological polar surface area (TPSA) is 54.1 Å². The minimum Gasteiger partial charge on any atom is -0.384 e. The van der Waals surface area contributed by atoms with E-state index in [4.69, 9.17) is 4.74 Å². The van der Waals surface area contributed by atoms with Crippen LogP contribution in [-0.2, 0) is 22.4 Å². The quantitative estimate of drug-likeness (QED) is 0.895. The molecule has 1 aliphatic carbocycles. The minimum absolute atomic E-state index is 0.0717. The first-order valence-electron chi connectivity index (χ1n) is 7.05. The fourth-order valence-electron chi connectivity index (χ4n) is 2.99. The average molecular weight is 272 g/mol. The van der Waals surface area contributed by atoms with Crippen LogP contribution in [0.4, 0.5) is 0 Å². The van der Waals surface area contributed by atoms with Crippen LogP contribution in [0.2, 0.25) is 0 Å². The van der Waals surface area contributed by atoms with E-state index in [-0.39, 0.29) is 11.9 Å². The molecule has 1 aromatic heterocycles. The third-order valence-electron chi connectivity index (χ3n) is 3.95. The van der Waals surface area contributed by atoms with Gasteiger partial charge in [0.25, 0.3) is 0 Å². The van der Waals surface area contributed by atoms with Crippen LogP contribution in [0.15, 0.2) is 18.2 Å². The molecular weight excluding hydrogens is 252 g/mol. The van der Waals surface area contributed by atoms with E-state index in [1.54, 1.807) is 7.11 Å². The van der Waals surface area contributed by atoms with Gasteiger partial charge in [-0.3, -0.25) is 4.79 Å². The van der Waals surface area contributed by atoms with Gasteiger partial charge in [0, 0.05) is 42.6 Å². The zero-order valence-electron chi connectivity index (χ0n) is 12.0.